The highest BCUT2D eigenvalue weighted by atomic mass is 16.5. The summed E-state index contributed by atoms with van der Waals surface area (Å²) in [5.41, 5.74) is 3.70. The van der Waals surface area contributed by atoms with Crippen molar-refractivity contribution in [2.45, 2.75) is 32.4 Å². The summed E-state index contributed by atoms with van der Waals surface area (Å²) in [6, 6.07) is 24.3. The number of para-hydroxylation sites is 1. The summed E-state index contributed by atoms with van der Waals surface area (Å²) in [4.78, 5) is 30.3. The van der Waals surface area contributed by atoms with Crippen molar-refractivity contribution in [2.24, 2.45) is 0 Å². The number of anilines is 1. The number of benzene rings is 3. The molecule has 0 aliphatic carbocycles. The zero-order chi connectivity index (χ0) is 22.7. The number of carbonyl (C=O) groups is 2. The maximum Gasteiger partial charge on any atom is 0.254 e. The maximum atomic E-state index is 13.7. The molecule has 1 unspecified atom stereocenters. The lowest BCUT2D eigenvalue weighted by molar-refractivity contribution is -0.144. The molecule has 5 heteroatoms. The molecule has 0 radical (unpaired) electrons. The first-order valence-electron chi connectivity index (χ1n) is 10.9. The average molecular weight is 429 g/mol. The second-order valence-corrected chi connectivity index (χ2v) is 8.35. The van der Waals surface area contributed by atoms with Crippen molar-refractivity contribution in [3.05, 3.63) is 95.6 Å². The van der Waals surface area contributed by atoms with Gasteiger partial charge in [0.05, 0.1) is 7.11 Å². The molecule has 0 N–H and O–H groups in total. The van der Waals surface area contributed by atoms with E-state index in [1.165, 1.54) is 5.56 Å². The molecule has 0 saturated carbocycles. The number of ether oxygens (including phenoxy) is 1. The van der Waals surface area contributed by atoms with Crippen LogP contribution in [0.25, 0.3) is 0 Å². The topological polar surface area (TPSA) is 49.9 Å². The Kier molecular flexibility index (Phi) is 6.26. The predicted octanol–water partition coefficient (Wildman–Crippen LogP) is 4.94. The van der Waals surface area contributed by atoms with Crippen LogP contribution in [0.5, 0.6) is 5.75 Å². The largest absolute Gasteiger partial charge is 0.497 e. The summed E-state index contributed by atoms with van der Waals surface area (Å²) >= 11 is 0. The third-order valence-electron chi connectivity index (χ3n) is 5.92. The van der Waals surface area contributed by atoms with E-state index in [0.29, 0.717) is 12.5 Å². The number of methoxy groups -OCH3 is 1. The molecule has 2 amide bonds. The zero-order valence-electron chi connectivity index (χ0n) is 18.7. The molecule has 164 valence electrons. The fourth-order valence-electron chi connectivity index (χ4n) is 4.05. The van der Waals surface area contributed by atoms with E-state index in [4.69, 9.17) is 4.74 Å². The van der Waals surface area contributed by atoms with Crippen LogP contribution in [0.15, 0.2) is 78.9 Å². The average Bonchev–Trinajstić information content (AvgIpc) is 2.82. The van der Waals surface area contributed by atoms with Gasteiger partial charge in [-0.1, -0.05) is 68.4 Å². The number of carbonyl (C=O) groups excluding carboxylic acids is 2. The molecule has 1 atom stereocenters. The molecule has 1 aliphatic heterocycles. The minimum atomic E-state index is -0.681. The van der Waals surface area contributed by atoms with Gasteiger partial charge in [0.1, 0.15) is 18.3 Å². The predicted molar refractivity (Wildman–Crippen MR) is 126 cm³/mol. The monoisotopic (exact) mass is 428 g/mol. The number of nitrogens with zero attached hydrogens (tertiary/aromatic N) is 2. The SMILES string of the molecule is COc1ccc(CN2C(=O)CN(c3ccccc3)C(=O)C2c2ccc(C(C)C)cc2)cc1. The third kappa shape index (κ3) is 4.37. The lowest BCUT2D eigenvalue weighted by Crippen LogP contribution is -2.55. The Morgan fingerprint density at radius 2 is 1.56 bits per heavy atom. The Labute approximate surface area is 189 Å². The summed E-state index contributed by atoms with van der Waals surface area (Å²) < 4.78 is 5.24. The molecule has 1 saturated heterocycles. The number of piperazine rings is 1. The Morgan fingerprint density at radius 3 is 2.16 bits per heavy atom. The van der Waals surface area contributed by atoms with E-state index in [-0.39, 0.29) is 18.4 Å². The molecule has 1 fully saturated rings. The quantitative estimate of drug-likeness (QED) is 0.559. The van der Waals surface area contributed by atoms with Crippen molar-refractivity contribution in [3.8, 4) is 5.75 Å². The van der Waals surface area contributed by atoms with Gasteiger partial charge >= 0.3 is 0 Å². The normalized spacial score (nSPS) is 16.6. The summed E-state index contributed by atoms with van der Waals surface area (Å²) in [7, 11) is 1.62. The molecule has 4 rings (SSSR count). The molecule has 32 heavy (non-hydrogen) atoms. The van der Waals surface area contributed by atoms with Crippen LogP contribution in [0.4, 0.5) is 5.69 Å². The van der Waals surface area contributed by atoms with Crippen LogP contribution < -0.4 is 9.64 Å². The van der Waals surface area contributed by atoms with Crippen LogP contribution in [-0.2, 0) is 16.1 Å². The Bertz CT molecular complexity index is 1080. The van der Waals surface area contributed by atoms with Crippen LogP contribution >= 0.6 is 0 Å². The van der Waals surface area contributed by atoms with Crippen LogP contribution in [0.1, 0.15) is 42.5 Å². The second-order valence-electron chi connectivity index (χ2n) is 8.35. The van der Waals surface area contributed by atoms with Gasteiger partial charge in [-0.2, -0.15) is 0 Å². The summed E-state index contributed by atoms with van der Waals surface area (Å²) in [5, 5.41) is 0. The van der Waals surface area contributed by atoms with E-state index in [9.17, 15) is 9.59 Å². The smallest absolute Gasteiger partial charge is 0.254 e. The lowest BCUT2D eigenvalue weighted by Gasteiger charge is -2.40. The van der Waals surface area contributed by atoms with E-state index in [1.54, 1.807) is 16.9 Å². The summed E-state index contributed by atoms with van der Waals surface area (Å²) in [6.07, 6.45) is 0. The van der Waals surface area contributed by atoms with Gasteiger partial charge in [0.15, 0.2) is 0 Å². The van der Waals surface area contributed by atoms with E-state index in [0.717, 1.165) is 22.6 Å². The molecule has 0 bridgehead atoms. The molecule has 1 heterocycles. The van der Waals surface area contributed by atoms with Crippen LogP contribution in [0, 0.1) is 0 Å². The number of rotatable bonds is 6. The van der Waals surface area contributed by atoms with Gasteiger partial charge in [0.25, 0.3) is 5.91 Å². The van der Waals surface area contributed by atoms with Crippen molar-refractivity contribution in [1.82, 2.24) is 4.90 Å². The van der Waals surface area contributed by atoms with Gasteiger partial charge in [0, 0.05) is 12.2 Å². The minimum Gasteiger partial charge on any atom is -0.497 e. The summed E-state index contributed by atoms with van der Waals surface area (Å²) in [5.74, 6) is 0.971. The molecule has 3 aromatic rings. The second kappa shape index (κ2) is 9.27. The number of amides is 2. The fourth-order valence-corrected chi connectivity index (χ4v) is 4.05. The highest BCUT2D eigenvalue weighted by Crippen LogP contribution is 2.32. The first-order valence-corrected chi connectivity index (χ1v) is 10.9. The highest BCUT2D eigenvalue weighted by Gasteiger charge is 2.40. The van der Waals surface area contributed by atoms with Crippen LogP contribution in [-0.4, -0.2) is 30.4 Å². The van der Waals surface area contributed by atoms with Gasteiger partial charge in [-0.3, -0.25) is 9.59 Å². The van der Waals surface area contributed by atoms with Crippen molar-refractivity contribution < 1.29 is 14.3 Å². The van der Waals surface area contributed by atoms with Crippen LogP contribution in [0.3, 0.4) is 0 Å². The molecule has 0 spiro atoms. The number of hydrogen-bond acceptors (Lipinski definition) is 3. The van der Waals surface area contributed by atoms with E-state index in [1.807, 2.05) is 78.9 Å². The summed E-state index contributed by atoms with van der Waals surface area (Å²) in [6.45, 7) is 4.65. The van der Waals surface area contributed by atoms with Crippen molar-refractivity contribution >= 4 is 17.5 Å². The first-order chi connectivity index (χ1) is 15.5. The Morgan fingerprint density at radius 1 is 0.906 bits per heavy atom. The maximum absolute atomic E-state index is 13.7. The van der Waals surface area contributed by atoms with E-state index >= 15 is 0 Å². The lowest BCUT2D eigenvalue weighted by atomic mass is 9.95. The van der Waals surface area contributed by atoms with E-state index in [2.05, 4.69) is 13.8 Å². The standard InChI is InChI=1S/C27H28N2O3/c1-19(2)21-11-13-22(14-12-21)26-27(31)28(23-7-5-4-6-8-23)18-25(30)29(26)17-20-9-15-24(32-3)16-10-20/h4-16,19,26H,17-18H2,1-3H3. The van der Waals surface area contributed by atoms with Gasteiger partial charge in [-0.25, -0.2) is 0 Å². The van der Waals surface area contributed by atoms with Gasteiger partial charge in [0.2, 0.25) is 5.91 Å². The molecule has 1 aliphatic rings. The molecular formula is C27H28N2O3. The van der Waals surface area contributed by atoms with Crippen LogP contribution in [0.2, 0.25) is 0 Å². The Hall–Kier alpha value is -3.60. The van der Waals surface area contributed by atoms with Gasteiger partial charge in [-0.05, 0) is 46.9 Å². The molecule has 0 aromatic heterocycles. The molecule has 5 nitrogen and oxygen atoms in total. The molecule has 3 aromatic carbocycles. The number of hydrogen-bond donors (Lipinski definition) is 0. The first kappa shape index (κ1) is 21.6. The van der Waals surface area contributed by atoms with Gasteiger partial charge in [-0.15, -0.1) is 0 Å². The highest BCUT2D eigenvalue weighted by molar-refractivity contribution is 6.06. The molecular weight excluding hydrogens is 400 g/mol. The Balaban J connectivity index is 1.71. The van der Waals surface area contributed by atoms with Crippen molar-refractivity contribution in [1.29, 1.82) is 0 Å². The van der Waals surface area contributed by atoms with E-state index < -0.39 is 6.04 Å². The van der Waals surface area contributed by atoms with Crippen molar-refractivity contribution in [2.75, 3.05) is 18.6 Å². The van der Waals surface area contributed by atoms with Crippen molar-refractivity contribution in [3.63, 3.8) is 0 Å². The van der Waals surface area contributed by atoms with Gasteiger partial charge < -0.3 is 14.5 Å². The third-order valence-corrected chi connectivity index (χ3v) is 5.92. The zero-order valence-corrected chi connectivity index (χ0v) is 18.7. The fraction of sp³-hybridized carbons (Fsp3) is 0.259. The minimum absolute atomic E-state index is 0.0274.